The van der Waals surface area contributed by atoms with Gasteiger partial charge >= 0.3 is 6.18 Å². The van der Waals surface area contributed by atoms with E-state index in [1.807, 2.05) is 35.9 Å². The number of hydrogen-bond donors (Lipinski definition) is 1. The molecule has 2 aromatic heterocycles. The number of aryl methyl sites for hydroxylation is 1. The van der Waals surface area contributed by atoms with Gasteiger partial charge in [0.25, 0.3) is 0 Å². The topological polar surface area (TPSA) is 59.4 Å². The van der Waals surface area contributed by atoms with Crippen molar-refractivity contribution in [1.82, 2.24) is 24.7 Å². The molecule has 1 radical (unpaired) electrons. The second-order valence-electron chi connectivity index (χ2n) is 6.78. The number of alkyl halides is 3. The summed E-state index contributed by atoms with van der Waals surface area (Å²) in [6.45, 7) is 2.07. The molecule has 4 aromatic rings. The van der Waals surface area contributed by atoms with Crippen LogP contribution >= 0.6 is 0 Å². The molecule has 2 heterocycles. The molecule has 1 N–H and O–H groups in total. The Morgan fingerprint density at radius 1 is 1.25 bits per heavy atom. The molecule has 2 aromatic carbocycles. The molecular formula is C20H17F3N5. The van der Waals surface area contributed by atoms with E-state index in [0.29, 0.717) is 12.2 Å². The van der Waals surface area contributed by atoms with Crippen LogP contribution in [-0.4, -0.2) is 24.7 Å². The summed E-state index contributed by atoms with van der Waals surface area (Å²) < 4.78 is 41.5. The summed E-state index contributed by atoms with van der Waals surface area (Å²) in [5, 5.41) is 8.00. The van der Waals surface area contributed by atoms with Gasteiger partial charge in [0.05, 0.1) is 16.6 Å². The summed E-state index contributed by atoms with van der Waals surface area (Å²) in [7, 11) is 1.89. The molecule has 0 aliphatic carbocycles. The number of benzene rings is 2. The third-order valence-electron chi connectivity index (χ3n) is 4.76. The van der Waals surface area contributed by atoms with Crippen LogP contribution in [0.4, 0.5) is 13.2 Å². The van der Waals surface area contributed by atoms with Crippen molar-refractivity contribution in [3.8, 4) is 11.4 Å². The van der Waals surface area contributed by atoms with Crippen LogP contribution in [0.15, 0.2) is 42.7 Å². The average Bonchev–Trinajstić information content (AvgIpc) is 3.27. The van der Waals surface area contributed by atoms with Crippen LogP contribution in [0.2, 0.25) is 0 Å². The van der Waals surface area contributed by atoms with Crippen molar-refractivity contribution < 1.29 is 13.2 Å². The summed E-state index contributed by atoms with van der Waals surface area (Å²) in [4.78, 5) is 7.16. The highest BCUT2D eigenvalue weighted by atomic mass is 19.4. The molecule has 0 saturated heterocycles. The van der Waals surface area contributed by atoms with Crippen molar-refractivity contribution in [3.63, 3.8) is 0 Å². The largest absolute Gasteiger partial charge is 0.419 e. The first-order chi connectivity index (χ1) is 13.3. The van der Waals surface area contributed by atoms with Crippen molar-refractivity contribution >= 4 is 11.0 Å². The Hall–Kier alpha value is -3.16. The van der Waals surface area contributed by atoms with Gasteiger partial charge in [0.1, 0.15) is 18.0 Å². The summed E-state index contributed by atoms with van der Waals surface area (Å²) >= 11 is 0. The van der Waals surface area contributed by atoms with Crippen molar-refractivity contribution in [2.24, 2.45) is 7.05 Å². The van der Waals surface area contributed by atoms with Crippen molar-refractivity contribution in [1.29, 1.82) is 0 Å². The van der Waals surface area contributed by atoms with Gasteiger partial charge in [0.15, 0.2) is 0 Å². The van der Waals surface area contributed by atoms with Crippen LogP contribution in [0.1, 0.15) is 29.8 Å². The first kappa shape index (κ1) is 18.2. The maximum absolute atomic E-state index is 13.2. The number of halogens is 3. The quantitative estimate of drug-likeness (QED) is 0.563. The van der Waals surface area contributed by atoms with E-state index in [1.54, 1.807) is 6.33 Å². The summed E-state index contributed by atoms with van der Waals surface area (Å²) in [5.74, 6) is 1.42. The molecule has 0 spiro atoms. The number of aromatic amines is 1. The van der Waals surface area contributed by atoms with Gasteiger partial charge in [-0.1, -0.05) is 31.2 Å². The predicted molar refractivity (Wildman–Crippen MR) is 98.5 cm³/mol. The summed E-state index contributed by atoms with van der Waals surface area (Å²) in [6.07, 6.45) is -2.13. The fourth-order valence-corrected chi connectivity index (χ4v) is 3.21. The molecule has 0 bridgehead atoms. The van der Waals surface area contributed by atoms with Crippen LogP contribution in [0.25, 0.3) is 22.4 Å². The van der Waals surface area contributed by atoms with Gasteiger partial charge < -0.3 is 9.55 Å². The van der Waals surface area contributed by atoms with E-state index < -0.39 is 11.7 Å². The van der Waals surface area contributed by atoms with Gasteiger partial charge in [-0.05, 0) is 29.7 Å². The minimum atomic E-state index is -4.49. The third-order valence-corrected chi connectivity index (χ3v) is 4.76. The molecule has 1 atom stereocenters. The standard InChI is InChI=1S/C20H17F3N5/c1-12(9-17-27-24-11-28(17)2)13-5-3-6-14(10-13)19-25-16-8-4-7-15(18(16)26-19)20(21,22)23/h3-6,8,10-12H,9H2,1-2H3,(H,25,26). The Balaban J connectivity index is 1.69. The van der Waals surface area contributed by atoms with Crippen LogP contribution in [0.5, 0.6) is 0 Å². The van der Waals surface area contributed by atoms with Crippen LogP contribution in [-0.2, 0) is 19.6 Å². The average molecular weight is 384 g/mol. The first-order valence-corrected chi connectivity index (χ1v) is 8.73. The molecule has 8 heteroatoms. The Labute approximate surface area is 159 Å². The predicted octanol–water partition coefficient (Wildman–Crippen LogP) is 4.52. The van der Waals surface area contributed by atoms with E-state index in [1.165, 1.54) is 12.1 Å². The molecule has 0 saturated carbocycles. The maximum atomic E-state index is 13.2. The normalized spacial score (nSPS) is 13.2. The van der Waals surface area contributed by atoms with E-state index in [9.17, 15) is 13.2 Å². The van der Waals surface area contributed by atoms with E-state index in [-0.39, 0.29) is 17.0 Å². The maximum Gasteiger partial charge on any atom is 0.419 e. The summed E-state index contributed by atoms with van der Waals surface area (Å²) in [6, 6.07) is 12.7. The Bertz CT molecular complexity index is 1130. The molecule has 4 rings (SSSR count). The minimum Gasteiger partial charge on any atom is -0.337 e. The van der Waals surface area contributed by atoms with Gasteiger partial charge in [0, 0.05) is 19.0 Å². The fourth-order valence-electron chi connectivity index (χ4n) is 3.21. The van der Waals surface area contributed by atoms with Gasteiger partial charge in [-0.2, -0.15) is 13.2 Å². The highest BCUT2D eigenvalue weighted by Crippen LogP contribution is 2.35. The van der Waals surface area contributed by atoms with Crippen molar-refractivity contribution in [2.75, 3.05) is 0 Å². The van der Waals surface area contributed by atoms with Gasteiger partial charge in [-0.3, -0.25) is 0 Å². The second-order valence-corrected chi connectivity index (χ2v) is 6.78. The first-order valence-electron chi connectivity index (χ1n) is 8.73. The van der Waals surface area contributed by atoms with E-state index >= 15 is 0 Å². The van der Waals surface area contributed by atoms with Crippen LogP contribution in [0, 0.1) is 6.07 Å². The number of hydrogen-bond acceptors (Lipinski definition) is 3. The molecular weight excluding hydrogens is 367 g/mol. The molecule has 0 aliphatic rings. The molecule has 0 aliphatic heterocycles. The number of nitrogens with one attached hydrogen (secondary N) is 1. The Morgan fingerprint density at radius 2 is 2.07 bits per heavy atom. The van der Waals surface area contributed by atoms with Crippen molar-refractivity contribution in [3.05, 3.63) is 65.7 Å². The smallest absolute Gasteiger partial charge is 0.337 e. The monoisotopic (exact) mass is 384 g/mol. The van der Waals surface area contributed by atoms with Gasteiger partial charge in [-0.15, -0.1) is 10.2 Å². The lowest BCUT2D eigenvalue weighted by Crippen LogP contribution is -2.05. The molecule has 0 fully saturated rings. The van der Waals surface area contributed by atoms with Crippen LogP contribution in [0.3, 0.4) is 0 Å². The van der Waals surface area contributed by atoms with E-state index in [2.05, 4.69) is 33.2 Å². The van der Waals surface area contributed by atoms with Gasteiger partial charge in [-0.25, -0.2) is 4.98 Å². The minimum absolute atomic E-state index is 0.0532. The van der Waals surface area contributed by atoms with E-state index in [4.69, 9.17) is 0 Å². The SMILES string of the molecule is CC(Cc1nncn1C)c1cccc(-c2nc3cc[c]c(C(F)(F)F)c3[nH]2)c1. The summed E-state index contributed by atoms with van der Waals surface area (Å²) in [5.41, 5.74) is 1.15. The number of aromatic nitrogens is 5. The highest BCUT2D eigenvalue weighted by molar-refractivity contribution is 5.82. The highest BCUT2D eigenvalue weighted by Gasteiger charge is 2.33. The number of fused-ring (bicyclic) bond motifs is 1. The molecule has 5 nitrogen and oxygen atoms in total. The van der Waals surface area contributed by atoms with Crippen molar-refractivity contribution in [2.45, 2.75) is 25.4 Å². The third kappa shape index (κ3) is 3.37. The number of H-pyrrole nitrogens is 1. The molecule has 143 valence electrons. The lowest BCUT2D eigenvalue weighted by Gasteiger charge is -2.12. The zero-order chi connectivity index (χ0) is 19.9. The molecule has 0 amide bonds. The molecule has 1 unspecified atom stereocenters. The Kier molecular flexibility index (Phi) is 4.41. The van der Waals surface area contributed by atoms with Gasteiger partial charge in [0.2, 0.25) is 0 Å². The fraction of sp³-hybridized carbons (Fsp3) is 0.250. The Morgan fingerprint density at radius 3 is 2.79 bits per heavy atom. The molecule has 28 heavy (non-hydrogen) atoms. The van der Waals surface area contributed by atoms with E-state index in [0.717, 1.165) is 17.0 Å². The number of nitrogens with zero attached hydrogens (tertiary/aromatic N) is 4. The number of rotatable bonds is 4. The number of imidazole rings is 1. The van der Waals surface area contributed by atoms with Crippen LogP contribution < -0.4 is 0 Å². The lowest BCUT2D eigenvalue weighted by atomic mass is 9.95. The zero-order valence-corrected chi connectivity index (χ0v) is 15.2. The second kappa shape index (κ2) is 6.78. The lowest BCUT2D eigenvalue weighted by molar-refractivity contribution is -0.136. The zero-order valence-electron chi connectivity index (χ0n) is 15.2.